The van der Waals surface area contributed by atoms with E-state index in [1.54, 1.807) is 32.9 Å². The summed E-state index contributed by atoms with van der Waals surface area (Å²) in [6, 6.07) is 4.50. The van der Waals surface area contributed by atoms with Gasteiger partial charge in [0.15, 0.2) is 0 Å². The second kappa shape index (κ2) is 5.34. The summed E-state index contributed by atoms with van der Waals surface area (Å²) in [6.45, 7) is 5.02. The monoisotopic (exact) mass is 297 g/mol. The summed E-state index contributed by atoms with van der Waals surface area (Å²) in [5.41, 5.74) is 2.10. The second-order valence-electron chi connectivity index (χ2n) is 4.67. The molecule has 0 unspecified atom stereocenters. The molecule has 1 heterocycles. The quantitative estimate of drug-likeness (QED) is 0.905. The summed E-state index contributed by atoms with van der Waals surface area (Å²) in [5.74, 6) is -0.307. The predicted octanol–water partition coefficient (Wildman–Crippen LogP) is 1.95. The molecule has 0 aliphatic rings. The lowest BCUT2D eigenvalue weighted by Crippen LogP contribution is -2.24. The zero-order chi connectivity index (χ0) is 14.9. The van der Waals surface area contributed by atoms with E-state index in [4.69, 9.17) is 0 Å². The molecular weight excluding hydrogens is 281 g/mol. The molecule has 0 bridgehead atoms. The molecule has 0 amide bonds. The Morgan fingerprint density at radius 2 is 2.00 bits per heavy atom. The maximum Gasteiger partial charge on any atom is 0.244 e. The van der Waals surface area contributed by atoms with Crippen LogP contribution in [0.25, 0.3) is 0 Å². The zero-order valence-electron chi connectivity index (χ0n) is 11.5. The number of rotatable bonds is 4. The molecule has 1 aromatic heterocycles. The smallest absolute Gasteiger partial charge is 0.244 e. The van der Waals surface area contributed by atoms with E-state index >= 15 is 0 Å². The first-order valence-electron chi connectivity index (χ1n) is 6.07. The van der Waals surface area contributed by atoms with Crippen molar-refractivity contribution in [3.8, 4) is 0 Å². The van der Waals surface area contributed by atoms with Crippen LogP contribution in [0.1, 0.15) is 22.5 Å². The normalized spacial score (nSPS) is 11.8. The number of aryl methyl sites for hydroxylation is 3. The molecule has 0 saturated heterocycles. The first-order valence-corrected chi connectivity index (χ1v) is 7.56. The first kappa shape index (κ1) is 14.7. The first-order chi connectivity index (χ1) is 9.31. The fourth-order valence-corrected chi connectivity index (χ4v) is 3.39. The van der Waals surface area contributed by atoms with Gasteiger partial charge in [0.25, 0.3) is 0 Å². The molecule has 0 saturated carbocycles. The molecule has 0 fully saturated rings. The van der Waals surface area contributed by atoms with Crippen LogP contribution >= 0.6 is 0 Å². The minimum atomic E-state index is -3.64. The van der Waals surface area contributed by atoms with E-state index in [9.17, 15) is 12.8 Å². The summed E-state index contributed by atoms with van der Waals surface area (Å²) in [5, 5.41) is 6.51. The maximum atomic E-state index is 13.2. The van der Waals surface area contributed by atoms with Crippen molar-refractivity contribution in [2.45, 2.75) is 32.2 Å². The van der Waals surface area contributed by atoms with Crippen LogP contribution in [0.3, 0.4) is 0 Å². The molecule has 0 spiro atoms. The molecule has 2 N–H and O–H groups in total. The highest BCUT2D eigenvalue weighted by molar-refractivity contribution is 7.89. The lowest BCUT2D eigenvalue weighted by Gasteiger charge is -2.08. The van der Waals surface area contributed by atoms with Gasteiger partial charge in [-0.25, -0.2) is 17.5 Å². The minimum Gasteiger partial charge on any atom is -0.281 e. The van der Waals surface area contributed by atoms with E-state index in [1.807, 2.05) is 0 Å². The van der Waals surface area contributed by atoms with Crippen LogP contribution in [0.2, 0.25) is 0 Å². The molecule has 1 aromatic carbocycles. The predicted molar refractivity (Wildman–Crippen MR) is 73.2 cm³/mol. The maximum absolute atomic E-state index is 13.2. The third kappa shape index (κ3) is 2.88. The van der Waals surface area contributed by atoms with E-state index in [-0.39, 0.29) is 17.3 Å². The fraction of sp³-hybridized carbons (Fsp3) is 0.308. The molecule has 2 aromatic rings. The minimum absolute atomic E-state index is 0.105. The van der Waals surface area contributed by atoms with Crippen molar-refractivity contribution in [3.63, 3.8) is 0 Å². The van der Waals surface area contributed by atoms with Crippen molar-refractivity contribution in [1.82, 2.24) is 14.9 Å². The number of halogens is 1. The second-order valence-corrected chi connectivity index (χ2v) is 6.38. The Balaban J connectivity index is 2.19. The van der Waals surface area contributed by atoms with Gasteiger partial charge in [-0.3, -0.25) is 5.10 Å². The van der Waals surface area contributed by atoms with Crippen LogP contribution < -0.4 is 4.72 Å². The van der Waals surface area contributed by atoms with Crippen LogP contribution in [0, 0.1) is 26.6 Å². The number of nitrogens with zero attached hydrogens (tertiary/aromatic N) is 1. The van der Waals surface area contributed by atoms with Gasteiger partial charge in [0.1, 0.15) is 10.7 Å². The van der Waals surface area contributed by atoms with E-state index in [1.165, 1.54) is 6.07 Å². The van der Waals surface area contributed by atoms with Crippen LogP contribution in [-0.4, -0.2) is 18.6 Å². The van der Waals surface area contributed by atoms with Crippen molar-refractivity contribution < 1.29 is 12.8 Å². The van der Waals surface area contributed by atoms with Gasteiger partial charge < -0.3 is 0 Å². The molecule has 2 rings (SSSR count). The van der Waals surface area contributed by atoms with Gasteiger partial charge in [0, 0.05) is 6.54 Å². The van der Waals surface area contributed by atoms with Gasteiger partial charge in [-0.15, -0.1) is 0 Å². The number of aromatic amines is 1. The Morgan fingerprint density at radius 1 is 1.30 bits per heavy atom. The SMILES string of the molecule is Cc1cc(CNS(=O)(=O)c2c(C)n[nH]c2C)ccc1F. The van der Waals surface area contributed by atoms with Gasteiger partial charge in [-0.1, -0.05) is 12.1 Å². The lowest BCUT2D eigenvalue weighted by molar-refractivity contribution is 0.580. The van der Waals surface area contributed by atoms with Gasteiger partial charge in [0.05, 0.1) is 11.4 Å². The topological polar surface area (TPSA) is 74.8 Å². The van der Waals surface area contributed by atoms with Gasteiger partial charge in [-0.2, -0.15) is 5.10 Å². The van der Waals surface area contributed by atoms with Crippen LogP contribution in [-0.2, 0) is 16.6 Å². The number of nitrogens with one attached hydrogen (secondary N) is 2. The highest BCUT2D eigenvalue weighted by Crippen LogP contribution is 2.17. The summed E-state index contributed by atoms with van der Waals surface area (Å²) in [7, 11) is -3.64. The Bertz CT molecular complexity index is 719. The fourth-order valence-electron chi connectivity index (χ4n) is 2.00. The molecule has 0 radical (unpaired) electrons. The summed E-state index contributed by atoms with van der Waals surface area (Å²) >= 11 is 0. The third-order valence-electron chi connectivity index (χ3n) is 3.02. The van der Waals surface area contributed by atoms with Gasteiger partial charge in [0.2, 0.25) is 10.0 Å². The molecule has 20 heavy (non-hydrogen) atoms. The van der Waals surface area contributed by atoms with Crippen LogP contribution in [0.4, 0.5) is 4.39 Å². The van der Waals surface area contributed by atoms with Crippen molar-refractivity contribution in [1.29, 1.82) is 0 Å². The number of sulfonamides is 1. The molecular formula is C13H16FN3O2S. The van der Waals surface area contributed by atoms with E-state index in [2.05, 4.69) is 14.9 Å². The Hall–Kier alpha value is -1.73. The largest absolute Gasteiger partial charge is 0.281 e. The average Bonchev–Trinajstić information content (AvgIpc) is 2.71. The Labute approximate surface area is 117 Å². The standard InChI is InChI=1S/C13H16FN3O2S/c1-8-6-11(4-5-12(8)14)7-15-20(18,19)13-9(2)16-17-10(13)3/h4-6,15H,7H2,1-3H3,(H,16,17). The van der Waals surface area contributed by atoms with Crippen LogP contribution in [0.5, 0.6) is 0 Å². The van der Waals surface area contributed by atoms with E-state index in [0.717, 1.165) is 0 Å². The summed E-state index contributed by atoms with van der Waals surface area (Å²) in [6.07, 6.45) is 0. The number of H-pyrrole nitrogens is 1. The molecule has 0 atom stereocenters. The van der Waals surface area contributed by atoms with Gasteiger partial charge in [-0.05, 0) is 38.0 Å². The number of aromatic nitrogens is 2. The number of hydrogen-bond donors (Lipinski definition) is 2. The number of hydrogen-bond acceptors (Lipinski definition) is 3. The summed E-state index contributed by atoms with van der Waals surface area (Å²) in [4.78, 5) is 0.163. The van der Waals surface area contributed by atoms with Crippen molar-refractivity contribution >= 4 is 10.0 Å². The van der Waals surface area contributed by atoms with E-state index in [0.29, 0.717) is 22.5 Å². The van der Waals surface area contributed by atoms with Crippen molar-refractivity contribution in [3.05, 3.63) is 46.5 Å². The number of benzene rings is 1. The van der Waals surface area contributed by atoms with E-state index < -0.39 is 10.0 Å². The molecule has 7 heteroatoms. The van der Waals surface area contributed by atoms with Crippen molar-refractivity contribution in [2.24, 2.45) is 0 Å². The average molecular weight is 297 g/mol. The zero-order valence-corrected chi connectivity index (χ0v) is 12.3. The Kier molecular flexibility index (Phi) is 3.92. The molecule has 5 nitrogen and oxygen atoms in total. The van der Waals surface area contributed by atoms with Crippen molar-refractivity contribution in [2.75, 3.05) is 0 Å². The molecule has 0 aliphatic carbocycles. The third-order valence-corrected chi connectivity index (χ3v) is 4.68. The highest BCUT2D eigenvalue weighted by atomic mass is 32.2. The molecule has 108 valence electrons. The lowest BCUT2D eigenvalue weighted by atomic mass is 10.1. The highest BCUT2D eigenvalue weighted by Gasteiger charge is 2.21. The Morgan fingerprint density at radius 3 is 2.55 bits per heavy atom. The molecule has 0 aliphatic heterocycles. The van der Waals surface area contributed by atoms with Gasteiger partial charge >= 0.3 is 0 Å². The summed E-state index contributed by atoms with van der Waals surface area (Å²) < 4.78 is 40.1. The van der Waals surface area contributed by atoms with Crippen LogP contribution in [0.15, 0.2) is 23.1 Å².